The van der Waals surface area contributed by atoms with Crippen LogP contribution in [0.4, 0.5) is 0 Å². The van der Waals surface area contributed by atoms with E-state index in [-0.39, 0.29) is 18.4 Å². The summed E-state index contributed by atoms with van der Waals surface area (Å²) in [7, 11) is 3.12. The number of nitrogens with zero attached hydrogens (tertiary/aromatic N) is 2. The maximum atomic E-state index is 12.7. The van der Waals surface area contributed by atoms with Gasteiger partial charge in [0.05, 0.1) is 18.2 Å². The Hall–Kier alpha value is -2.39. The average Bonchev–Trinajstić information content (AvgIpc) is 3.04. The molecule has 2 amide bonds. The van der Waals surface area contributed by atoms with Crippen LogP contribution in [0.2, 0.25) is 0 Å². The van der Waals surface area contributed by atoms with Crippen molar-refractivity contribution in [2.45, 2.75) is 31.2 Å². The van der Waals surface area contributed by atoms with E-state index in [2.05, 4.69) is 11.4 Å². The Kier molecular flexibility index (Phi) is 5.93. The van der Waals surface area contributed by atoms with Gasteiger partial charge in [-0.1, -0.05) is 12.1 Å². The van der Waals surface area contributed by atoms with E-state index in [1.165, 1.54) is 0 Å². The van der Waals surface area contributed by atoms with Crippen molar-refractivity contribution in [1.82, 2.24) is 10.2 Å². The van der Waals surface area contributed by atoms with Crippen molar-refractivity contribution in [3.63, 3.8) is 0 Å². The molecule has 1 aromatic rings. The van der Waals surface area contributed by atoms with Gasteiger partial charge in [0.2, 0.25) is 11.8 Å². The molecule has 1 unspecified atom stereocenters. The van der Waals surface area contributed by atoms with E-state index in [9.17, 15) is 9.59 Å². The third kappa shape index (κ3) is 3.57. The van der Waals surface area contributed by atoms with Gasteiger partial charge in [0.25, 0.3) is 0 Å². The fourth-order valence-electron chi connectivity index (χ4n) is 3.30. The molecule has 1 fully saturated rings. The highest BCUT2D eigenvalue weighted by Crippen LogP contribution is 2.31. The summed E-state index contributed by atoms with van der Waals surface area (Å²) in [5.41, 5.74) is 0.702. The quantitative estimate of drug-likeness (QED) is 0.851. The van der Waals surface area contributed by atoms with Crippen LogP contribution in [0.3, 0.4) is 0 Å². The lowest BCUT2D eigenvalue weighted by molar-refractivity contribution is -0.148. The molecule has 2 rings (SSSR count). The van der Waals surface area contributed by atoms with Gasteiger partial charge < -0.3 is 15.0 Å². The lowest BCUT2D eigenvalue weighted by Gasteiger charge is -2.36. The number of carbonyl (C=O) groups excluding carboxylic acids is 2. The number of amides is 2. The zero-order valence-corrected chi connectivity index (χ0v) is 14.2. The van der Waals surface area contributed by atoms with Gasteiger partial charge >= 0.3 is 0 Å². The molecule has 1 aromatic carbocycles. The Morgan fingerprint density at radius 2 is 2.08 bits per heavy atom. The minimum absolute atomic E-state index is 0.0440. The summed E-state index contributed by atoms with van der Waals surface area (Å²) in [5.74, 6) is -0.217. The van der Waals surface area contributed by atoms with Crippen molar-refractivity contribution >= 4 is 11.8 Å². The molecule has 128 valence electrons. The molecule has 1 N–H and O–H groups in total. The third-order valence-corrected chi connectivity index (χ3v) is 4.53. The lowest BCUT2D eigenvalue weighted by atomic mass is 9.95. The number of likely N-dealkylation sites (tertiary alicyclic amines) is 1. The topological polar surface area (TPSA) is 82.4 Å². The normalized spacial score (nSPS) is 19.8. The van der Waals surface area contributed by atoms with Crippen LogP contribution in [0.5, 0.6) is 0 Å². The second kappa shape index (κ2) is 7.93. The number of hydrogen-bond donors (Lipinski definition) is 1. The predicted octanol–water partition coefficient (Wildman–Crippen LogP) is 1.24. The Bertz CT molecular complexity index is 636. The highest BCUT2D eigenvalue weighted by atomic mass is 16.5. The lowest BCUT2D eigenvalue weighted by Crippen LogP contribution is -2.59. The molecule has 1 saturated heterocycles. The fraction of sp³-hybridized carbons (Fsp3) is 0.500. The third-order valence-electron chi connectivity index (χ3n) is 4.53. The van der Waals surface area contributed by atoms with Crippen molar-refractivity contribution in [2.75, 3.05) is 27.3 Å². The van der Waals surface area contributed by atoms with Gasteiger partial charge in [-0.2, -0.15) is 5.26 Å². The zero-order chi connectivity index (χ0) is 17.6. The minimum atomic E-state index is -0.898. The first-order valence-electron chi connectivity index (χ1n) is 8.08. The number of hydrogen-bond acceptors (Lipinski definition) is 4. The first-order valence-corrected chi connectivity index (χ1v) is 8.08. The van der Waals surface area contributed by atoms with E-state index >= 15 is 0 Å². The van der Waals surface area contributed by atoms with Crippen molar-refractivity contribution < 1.29 is 14.3 Å². The Morgan fingerprint density at radius 1 is 1.38 bits per heavy atom. The van der Waals surface area contributed by atoms with Crippen LogP contribution in [-0.2, 0) is 20.7 Å². The predicted molar refractivity (Wildman–Crippen MR) is 89.1 cm³/mol. The Labute approximate surface area is 142 Å². The van der Waals surface area contributed by atoms with E-state index in [1.54, 1.807) is 31.2 Å². The maximum Gasteiger partial charge on any atom is 0.248 e. The molecule has 0 bridgehead atoms. The van der Waals surface area contributed by atoms with Crippen LogP contribution < -0.4 is 5.32 Å². The molecule has 0 saturated carbocycles. The van der Waals surface area contributed by atoms with E-state index in [1.807, 2.05) is 12.1 Å². The van der Waals surface area contributed by atoms with Gasteiger partial charge in [-0.25, -0.2) is 0 Å². The number of methoxy groups -OCH3 is 1. The molecule has 6 heteroatoms. The van der Waals surface area contributed by atoms with Gasteiger partial charge in [-0.05, 0) is 37.0 Å². The summed E-state index contributed by atoms with van der Waals surface area (Å²) in [6, 6.07) is 9.28. The molecular weight excluding hydrogens is 306 g/mol. The maximum absolute atomic E-state index is 12.7. The van der Waals surface area contributed by atoms with Crippen molar-refractivity contribution in [2.24, 2.45) is 0 Å². The molecule has 0 spiro atoms. The van der Waals surface area contributed by atoms with Gasteiger partial charge in [-0.3, -0.25) is 9.59 Å². The summed E-state index contributed by atoms with van der Waals surface area (Å²) in [6.45, 7) is 0.776. The number of rotatable bonds is 6. The molecule has 6 nitrogen and oxygen atoms in total. The summed E-state index contributed by atoms with van der Waals surface area (Å²) >= 11 is 0. The van der Waals surface area contributed by atoms with Crippen LogP contribution in [0.15, 0.2) is 24.3 Å². The molecule has 0 aliphatic carbocycles. The summed E-state index contributed by atoms with van der Waals surface area (Å²) < 4.78 is 5.24. The molecule has 1 heterocycles. The smallest absolute Gasteiger partial charge is 0.248 e. The monoisotopic (exact) mass is 329 g/mol. The molecule has 1 aliphatic rings. The highest BCUT2D eigenvalue weighted by Gasteiger charge is 2.49. The summed E-state index contributed by atoms with van der Waals surface area (Å²) in [4.78, 5) is 26.7. The number of aryl methyl sites for hydroxylation is 1. The largest absolute Gasteiger partial charge is 0.382 e. The Morgan fingerprint density at radius 3 is 2.67 bits per heavy atom. The molecule has 1 atom stereocenters. The van der Waals surface area contributed by atoms with Gasteiger partial charge in [0.15, 0.2) is 0 Å². The van der Waals surface area contributed by atoms with Gasteiger partial charge in [0, 0.05) is 27.1 Å². The number of benzene rings is 1. The number of likely N-dealkylation sites (N-methyl/N-ethyl adjacent to an activating group) is 1. The zero-order valence-electron chi connectivity index (χ0n) is 14.2. The van der Waals surface area contributed by atoms with Crippen LogP contribution in [0.25, 0.3) is 0 Å². The van der Waals surface area contributed by atoms with E-state index in [0.717, 1.165) is 12.0 Å². The first kappa shape index (κ1) is 18.0. The standard InChI is InChI=1S/C18H23N3O3/c1-20-17(23)18(13-24-2)10-3-11-21(18)16(22)9-8-14-4-6-15(12-19)7-5-14/h4-7H,3,8-11,13H2,1-2H3,(H,20,23). The SMILES string of the molecule is CNC(=O)C1(COC)CCCN1C(=O)CCc1ccc(C#N)cc1. The summed E-state index contributed by atoms with van der Waals surface area (Å²) in [5, 5.41) is 11.5. The fourth-order valence-corrected chi connectivity index (χ4v) is 3.30. The highest BCUT2D eigenvalue weighted by molar-refractivity contribution is 5.92. The molecular formula is C18H23N3O3. The van der Waals surface area contributed by atoms with Crippen molar-refractivity contribution in [1.29, 1.82) is 5.26 Å². The van der Waals surface area contributed by atoms with Gasteiger partial charge in [0.1, 0.15) is 5.54 Å². The second-order valence-corrected chi connectivity index (χ2v) is 6.00. The number of nitriles is 1. The van der Waals surface area contributed by atoms with E-state index in [0.29, 0.717) is 31.4 Å². The van der Waals surface area contributed by atoms with Crippen molar-refractivity contribution in [3.05, 3.63) is 35.4 Å². The number of nitrogens with one attached hydrogen (secondary N) is 1. The second-order valence-electron chi connectivity index (χ2n) is 6.00. The molecule has 1 aliphatic heterocycles. The summed E-state index contributed by atoms with van der Waals surface area (Å²) in [6.07, 6.45) is 2.31. The van der Waals surface area contributed by atoms with Crippen LogP contribution in [0, 0.1) is 11.3 Å². The van der Waals surface area contributed by atoms with Crippen molar-refractivity contribution in [3.8, 4) is 6.07 Å². The number of ether oxygens (including phenoxy) is 1. The van der Waals surface area contributed by atoms with Crippen LogP contribution >= 0.6 is 0 Å². The molecule has 0 radical (unpaired) electrons. The van der Waals surface area contributed by atoms with E-state index in [4.69, 9.17) is 10.00 Å². The van der Waals surface area contributed by atoms with Crippen LogP contribution in [-0.4, -0.2) is 49.6 Å². The van der Waals surface area contributed by atoms with Crippen LogP contribution in [0.1, 0.15) is 30.4 Å². The van der Waals surface area contributed by atoms with Gasteiger partial charge in [-0.15, -0.1) is 0 Å². The Balaban J connectivity index is 2.06. The number of carbonyl (C=O) groups is 2. The van der Waals surface area contributed by atoms with E-state index < -0.39 is 5.54 Å². The first-order chi connectivity index (χ1) is 11.6. The molecule has 24 heavy (non-hydrogen) atoms. The molecule has 0 aromatic heterocycles. The minimum Gasteiger partial charge on any atom is -0.382 e. The average molecular weight is 329 g/mol.